The van der Waals surface area contributed by atoms with Crippen LogP contribution in [0.5, 0.6) is 0 Å². The Morgan fingerprint density at radius 2 is 2.05 bits per heavy atom. The molecule has 0 bridgehead atoms. The minimum Gasteiger partial charge on any atom is -0.356 e. The predicted octanol–water partition coefficient (Wildman–Crippen LogP) is 2.23. The first-order valence-corrected chi connectivity index (χ1v) is 8.11. The fourth-order valence-corrected chi connectivity index (χ4v) is 3.90. The summed E-state index contributed by atoms with van der Waals surface area (Å²) in [5.41, 5.74) is 0.956. The molecule has 21 heavy (non-hydrogen) atoms. The number of aromatic nitrogens is 3. The van der Waals surface area contributed by atoms with Gasteiger partial charge in [0.2, 0.25) is 0 Å². The van der Waals surface area contributed by atoms with Gasteiger partial charge in [-0.1, -0.05) is 0 Å². The van der Waals surface area contributed by atoms with Crippen molar-refractivity contribution in [1.29, 1.82) is 0 Å². The van der Waals surface area contributed by atoms with Crippen LogP contribution < -0.4 is 10.2 Å². The zero-order chi connectivity index (χ0) is 14.2. The van der Waals surface area contributed by atoms with E-state index in [0.29, 0.717) is 0 Å². The van der Waals surface area contributed by atoms with E-state index in [-0.39, 0.29) is 0 Å². The van der Waals surface area contributed by atoms with Crippen LogP contribution in [0.1, 0.15) is 31.5 Å². The molecule has 112 valence electrons. The highest BCUT2D eigenvalue weighted by molar-refractivity contribution is 5.87. The SMILES string of the molecule is Cc1nc(N2CCC(C3CCCN3)CC2)c2cc[nH]c2n1. The van der Waals surface area contributed by atoms with E-state index in [9.17, 15) is 0 Å². The molecular weight excluding hydrogens is 262 g/mol. The molecule has 0 amide bonds. The summed E-state index contributed by atoms with van der Waals surface area (Å²) in [5, 5.41) is 4.82. The first-order chi connectivity index (χ1) is 10.3. The average Bonchev–Trinajstić information content (AvgIpc) is 3.17. The number of aromatic amines is 1. The lowest BCUT2D eigenvalue weighted by atomic mass is 9.88. The molecule has 2 saturated heterocycles. The maximum atomic E-state index is 4.70. The van der Waals surface area contributed by atoms with E-state index in [4.69, 9.17) is 4.98 Å². The van der Waals surface area contributed by atoms with Crippen molar-refractivity contribution >= 4 is 16.9 Å². The Labute approximate surface area is 125 Å². The standard InChI is InChI=1S/C16H23N5/c1-11-19-15-13(4-8-18-15)16(20-11)21-9-5-12(6-10-21)14-3-2-7-17-14/h4,8,12,14,17H,2-3,5-7,9-10H2,1H3,(H,18,19,20). The molecule has 0 aromatic carbocycles. The van der Waals surface area contributed by atoms with Crippen molar-refractivity contribution in [2.24, 2.45) is 5.92 Å². The summed E-state index contributed by atoms with van der Waals surface area (Å²) in [6, 6.07) is 2.85. The molecule has 2 aliphatic rings. The molecule has 2 aromatic heterocycles. The Bertz CT molecular complexity index is 621. The van der Waals surface area contributed by atoms with Gasteiger partial charge in [-0.2, -0.15) is 0 Å². The minimum absolute atomic E-state index is 0.756. The number of anilines is 1. The maximum Gasteiger partial charge on any atom is 0.143 e. The highest BCUT2D eigenvalue weighted by Crippen LogP contribution is 2.30. The highest BCUT2D eigenvalue weighted by Gasteiger charge is 2.29. The fraction of sp³-hybridized carbons (Fsp3) is 0.625. The number of nitrogens with zero attached hydrogens (tertiary/aromatic N) is 3. The van der Waals surface area contributed by atoms with E-state index in [0.717, 1.165) is 47.7 Å². The number of fused-ring (bicyclic) bond motifs is 1. The molecule has 0 spiro atoms. The summed E-state index contributed by atoms with van der Waals surface area (Å²) in [7, 11) is 0. The Balaban J connectivity index is 1.53. The van der Waals surface area contributed by atoms with E-state index >= 15 is 0 Å². The largest absolute Gasteiger partial charge is 0.356 e. The number of H-pyrrole nitrogens is 1. The molecule has 2 aliphatic heterocycles. The lowest BCUT2D eigenvalue weighted by Gasteiger charge is -2.35. The topological polar surface area (TPSA) is 56.8 Å². The normalized spacial score (nSPS) is 24.0. The smallest absolute Gasteiger partial charge is 0.143 e. The van der Waals surface area contributed by atoms with Crippen molar-refractivity contribution in [2.75, 3.05) is 24.5 Å². The van der Waals surface area contributed by atoms with Crippen molar-refractivity contribution in [2.45, 2.75) is 38.6 Å². The number of hydrogen-bond donors (Lipinski definition) is 2. The summed E-state index contributed by atoms with van der Waals surface area (Å²) in [4.78, 5) is 14.8. The third-order valence-corrected chi connectivity index (χ3v) is 5.01. The van der Waals surface area contributed by atoms with Crippen molar-refractivity contribution < 1.29 is 0 Å². The Kier molecular flexibility index (Phi) is 3.30. The van der Waals surface area contributed by atoms with Gasteiger partial charge in [0, 0.05) is 25.3 Å². The molecular formula is C16H23N5. The van der Waals surface area contributed by atoms with Gasteiger partial charge in [-0.15, -0.1) is 0 Å². The van der Waals surface area contributed by atoms with E-state index in [1.54, 1.807) is 0 Å². The van der Waals surface area contributed by atoms with Crippen LogP contribution in [0.2, 0.25) is 0 Å². The van der Waals surface area contributed by atoms with Crippen molar-refractivity contribution in [3.8, 4) is 0 Å². The molecule has 0 radical (unpaired) electrons. The van der Waals surface area contributed by atoms with Crippen LogP contribution in [-0.4, -0.2) is 40.6 Å². The van der Waals surface area contributed by atoms with Crippen molar-refractivity contribution in [3.63, 3.8) is 0 Å². The van der Waals surface area contributed by atoms with Crippen molar-refractivity contribution in [1.82, 2.24) is 20.3 Å². The van der Waals surface area contributed by atoms with Gasteiger partial charge < -0.3 is 15.2 Å². The van der Waals surface area contributed by atoms with Crippen LogP contribution in [0.3, 0.4) is 0 Å². The number of aryl methyl sites for hydroxylation is 1. The molecule has 0 saturated carbocycles. The fourth-order valence-electron chi connectivity index (χ4n) is 3.90. The van der Waals surface area contributed by atoms with Crippen LogP contribution in [0.25, 0.3) is 11.0 Å². The third-order valence-electron chi connectivity index (χ3n) is 5.01. The van der Waals surface area contributed by atoms with Crippen LogP contribution in [-0.2, 0) is 0 Å². The van der Waals surface area contributed by atoms with Gasteiger partial charge in [0.25, 0.3) is 0 Å². The van der Waals surface area contributed by atoms with E-state index in [2.05, 4.69) is 26.3 Å². The van der Waals surface area contributed by atoms with Crippen LogP contribution in [0.15, 0.2) is 12.3 Å². The van der Waals surface area contributed by atoms with Gasteiger partial charge in [0.15, 0.2) is 0 Å². The number of piperidine rings is 1. The van der Waals surface area contributed by atoms with Crippen LogP contribution in [0.4, 0.5) is 5.82 Å². The molecule has 2 fully saturated rings. The quantitative estimate of drug-likeness (QED) is 0.888. The molecule has 5 heteroatoms. The van der Waals surface area contributed by atoms with Gasteiger partial charge >= 0.3 is 0 Å². The van der Waals surface area contributed by atoms with Gasteiger partial charge in [-0.25, -0.2) is 9.97 Å². The first-order valence-electron chi connectivity index (χ1n) is 8.11. The summed E-state index contributed by atoms with van der Waals surface area (Å²) >= 11 is 0. The number of nitrogens with one attached hydrogen (secondary N) is 2. The molecule has 4 heterocycles. The molecule has 4 rings (SSSR count). The predicted molar refractivity (Wildman–Crippen MR) is 84.6 cm³/mol. The van der Waals surface area contributed by atoms with Gasteiger partial charge in [-0.05, 0) is 51.1 Å². The summed E-state index contributed by atoms with van der Waals surface area (Å²) in [6.45, 7) is 5.40. The van der Waals surface area contributed by atoms with Gasteiger partial charge in [0.05, 0.1) is 5.39 Å². The zero-order valence-corrected chi connectivity index (χ0v) is 12.6. The molecule has 1 atom stereocenters. The van der Waals surface area contributed by atoms with Crippen LogP contribution in [0, 0.1) is 12.8 Å². The van der Waals surface area contributed by atoms with Crippen molar-refractivity contribution in [3.05, 3.63) is 18.1 Å². The Hall–Kier alpha value is -1.62. The maximum absolute atomic E-state index is 4.70. The minimum atomic E-state index is 0.756. The second kappa shape index (κ2) is 5.30. The number of hydrogen-bond acceptors (Lipinski definition) is 4. The second-order valence-corrected chi connectivity index (χ2v) is 6.36. The monoisotopic (exact) mass is 285 g/mol. The van der Waals surface area contributed by atoms with E-state index < -0.39 is 0 Å². The molecule has 1 unspecified atom stereocenters. The molecule has 0 aliphatic carbocycles. The number of rotatable bonds is 2. The Morgan fingerprint density at radius 1 is 1.19 bits per heavy atom. The van der Waals surface area contributed by atoms with Gasteiger partial charge in [0.1, 0.15) is 17.3 Å². The lowest BCUT2D eigenvalue weighted by Crippen LogP contribution is -2.41. The van der Waals surface area contributed by atoms with Gasteiger partial charge in [-0.3, -0.25) is 0 Å². The van der Waals surface area contributed by atoms with E-state index in [1.165, 1.54) is 32.2 Å². The second-order valence-electron chi connectivity index (χ2n) is 6.36. The lowest BCUT2D eigenvalue weighted by molar-refractivity contribution is 0.318. The zero-order valence-electron chi connectivity index (χ0n) is 12.6. The molecule has 5 nitrogen and oxygen atoms in total. The third kappa shape index (κ3) is 2.39. The summed E-state index contributed by atoms with van der Waals surface area (Å²) in [5.74, 6) is 2.80. The average molecular weight is 285 g/mol. The first kappa shape index (κ1) is 13.1. The summed E-state index contributed by atoms with van der Waals surface area (Å²) < 4.78 is 0. The van der Waals surface area contributed by atoms with Crippen LogP contribution >= 0.6 is 0 Å². The van der Waals surface area contributed by atoms with E-state index in [1.807, 2.05) is 13.1 Å². The summed E-state index contributed by atoms with van der Waals surface area (Å²) in [6.07, 6.45) is 7.20. The Morgan fingerprint density at radius 3 is 2.81 bits per heavy atom. The highest BCUT2D eigenvalue weighted by atomic mass is 15.2. The molecule has 2 aromatic rings. The molecule has 2 N–H and O–H groups in total.